The molecule has 0 N–H and O–H groups in total. The second kappa shape index (κ2) is 3.95. The highest BCUT2D eigenvalue weighted by Crippen LogP contribution is 2.03. The molecule has 0 saturated carbocycles. The monoisotopic (exact) mass is 230 g/mol. The van der Waals surface area contributed by atoms with Crippen LogP contribution in [0.1, 0.15) is 0 Å². The quantitative estimate of drug-likeness (QED) is 0.477. The van der Waals surface area contributed by atoms with Gasteiger partial charge in [-0.3, -0.25) is 0 Å². The number of nitrogens with zero attached hydrogens (tertiary/aromatic N) is 2. The lowest BCUT2D eigenvalue weighted by atomic mass is 10.5. The Labute approximate surface area is 87.5 Å². The van der Waals surface area contributed by atoms with Gasteiger partial charge in [0, 0.05) is 0 Å². The molecule has 1 rings (SSSR count). The largest absolute Gasteiger partial charge is 0.744 e. The second-order valence-electron chi connectivity index (χ2n) is 3.07. The molecule has 6 nitrogen and oxygen atoms in total. The van der Waals surface area contributed by atoms with E-state index in [1.165, 1.54) is 21.9 Å². The van der Waals surface area contributed by atoms with Crippen molar-refractivity contribution in [2.75, 3.05) is 14.1 Å². The van der Waals surface area contributed by atoms with Crippen molar-refractivity contribution in [3.8, 4) is 0 Å². The number of carbonyl (C=O) groups excluding carboxylic acids is 1. The maximum atomic E-state index is 11.4. The van der Waals surface area contributed by atoms with E-state index in [-0.39, 0.29) is 10.9 Å². The standard InChI is InChI=1S/C8H10N2O4S/c1-9(2)8(11)10-5-3-7(4-6-10)15(12,13)14/h3-6H,1-2H3. The van der Waals surface area contributed by atoms with E-state index in [1.54, 1.807) is 14.1 Å². The minimum atomic E-state index is -4.45. The van der Waals surface area contributed by atoms with Crippen LogP contribution in [0.2, 0.25) is 0 Å². The summed E-state index contributed by atoms with van der Waals surface area (Å²) >= 11 is 0. The first-order chi connectivity index (χ1) is 6.82. The topological polar surface area (TPSA) is 81.4 Å². The van der Waals surface area contributed by atoms with Crippen molar-refractivity contribution in [2.45, 2.75) is 4.90 Å². The molecule has 0 aliphatic rings. The van der Waals surface area contributed by atoms with E-state index in [9.17, 15) is 17.8 Å². The lowest BCUT2D eigenvalue weighted by Crippen LogP contribution is -2.49. The lowest BCUT2D eigenvalue weighted by Gasteiger charge is -2.07. The molecule has 1 aromatic heterocycles. The van der Waals surface area contributed by atoms with Gasteiger partial charge < -0.3 is 4.55 Å². The fourth-order valence-electron chi connectivity index (χ4n) is 0.938. The first-order valence-electron chi connectivity index (χ1n) is 4.01. The molecule has 7 heteroatoms. The molecule has 0 radical (unpaired) electrons. The van der Waals surface area contributed by atoms with Crippen LogP contribution < -0.4 is 4.57 Å². The number of aromatic nitrogens is 1. The zero-order chi connectivity index (χ0) is 11.6. The lowest BCUT2D eigenvalue weighted by molar-refractivity contribution is -0.578. The van der Waals surface area contributed by atoms with Crippen molar-refractivity contribution < 1.29 is 22.3 Å². The SMILES string of the molecule is CN(C)C(=O)[n+]1ccc(S(=O)(=O)[O-])cc1. The summed E-state index contributed by atoms with van der Waals surface area (Å²) in [4.78, 5) is 12.3. The predicted molar refractivity (Wildman–Crippen MR) is 49.1 cm³/mol. The number of carbonyl (C=O) groups is 1. The van der Waals surface area contributed by atoms with Crippen molar-refractivity contribution in [3.05, 3.63) is 24.5 Å². The summed E-state index contributed by atoms with van der Waals surface area (Å²) in [5.41, 5.74) is 0. The van der Waals surface area contributed by atoms with Gasteiger partial charge in [0.25, 0.3) is 0 Å². The van der Waals surface area contributed by atoms with Crippen LogP contribution in [-0.2, 0) is 10.1 Å². The zero-order valence-electron chi connectivity index (χ0n) is 8.25. The van der Waals surface area contributed by atoms with E-state index in [2.05, 4.69) is 0 Å². The molecule has 1 heterocycles. The van der Waals surface area contributed by atoms with Gasteiger partial charge in [0.15, 0.2) is 0 Å². The van der Waals surface area contributed by atoms with Crippen molar-refractivity contribution in [3.63, 3.8) is 0 Å². The van der Waals surface area contributed by atoms with Gasteiger partial charge in [0.1, 0.15) is 22.5 Å². The number of rotatable bonds is 1. The molecular weight excluding hydrogens is 220 g/mol. The Hall–Kier alpha value is -1.47. The van der Waals surface area contributed by atoms with Crippen LogP contribution in [0.4, 0.5) is 4.79 Å². The number of hydrogen-bond donors (Lipinski definition) is 0. The van der Waals surface area contributed by atoms with Crippen LogP contribution in [0.3, 0.4) is 0 Å². The molecule has 0 aromatic carbocycles. The summed E-state index contributed by atoms with van der Waals surface area (Å²) in [6, 6.07) is 1.85. The number of pyridine rings is 1. The molecule has 0 aliphatic heterocycles. The molecule has 0 bridgehead atoms. The summed E-state index contributed by atoms with van der Waals surface area (Å²) in [6.45, 7) is 0. The van der Waals surface area contributed by atoms with E-state index in [1.807, 2.05) is 0 Å². The molecule has 0 aliphatic carbocycles. The Morgan fingerprint density at radius 3 is 2.13 bits per heavy atom. The highest BCUT2D eigenvalue weighted by molar-refractivity contribution is 7.85. The second-order valence-corrected chi connectivity index (χ2v) is 4.45. The summed E-state index contributed by atoms with van der Waals surface area (Å²) in [7, 11) is -1.33. The van der Waals surface area contributed by atoms with Crippen LogP contribution in [0, 0.1) is 0 Å². The first kappa shape index (κ1) is 11.6. The maximum absolute atomic E-state index is 11.4. The van der Waals surface area contributed by atoms with Gasteiger partial charge >= 0.3 is 6.03 Å². The van der Waals surface area contributed by atoms with Gasteiger partial charge in [-0.2, -0.15) is 9.36 Å². The molecule has 0 fully saturated rings. The Morgan fingerprint density at radius 2 is 1.80 bits per heavy atom. The average Bonchev–Trinajstić information content (AvgIpc) is 2.15. The molecular formula is C8H10N2O4S. The Balaban J connectivity index is 3.06. The van der Waals surface area contributed by atoms with E-state index < -0.39 is 10.1 Å². The smallest absolute Gasteiger partial charge is 0.497 e. The zero-order valence-corrected chi connectivity index (χ0v) is 9.06. The van der Waals surface area contributed by atoms with Crippen LogP contribution in [-0.4, -0.2) is 38.0 Å². The van der Waals surface area contributed by atoms with E-state index in [4.69, 9.17) is 0 Å². The van der Waals surface area contributed by atoms with Crippen molar-refractivity contribution >= 4 is 16.1 Å². The average molecular weight is 230 g/mol. The fraction of sp³-hybridized carbons (Fsp3) is 0.250. The normalized spacial score (nSPS) is 11.1. The number of hydrogen-bond acceptors (Lipinski definition) is 4. The third kappa shape index (κ3) is 2.74. The van der Waals surface area contributed by atoms with Crippen LogP contribution >= 0.6 is 0 Å². The maximum Gasteiger partial charge on any atom is 0.497 e. The van der Waals surface area contributed by atoms with Crippen LogP contribution in [0.5, 0.6) is 0 Å². The van der Waals surface area contributed by atoms with E-state index >= 15 is 0 Å². The summed E-state index contributed by atoms with van der Waals surface area (Å²) < 4.78 is 32.9. The predicted octanol–water partition coefficient (Wildman–Crippen LogP) is -0.592. The fourth-order valence-corrected chi connectivity index (χ4v) is 1.39. The molecule has 0 spiro atoms. The third-order valence-electron chi connectivity index (χ3n) is 1.69. The van der Waals surface area contributed by atoms with Crippen molar-refractivity contribution in [2.24, 2.45) is 0 Å². The molecule has 1 amide bonds. The van der Waals surface area contributed by atoms with E-state index in [0.717, 1.165) is 12.1 Å². The van der Waals surface area contributed by atoms with Crippen LogP contribution in [0.15, 0.2) is 29.4 Å². The van der Waals surface area contributed by atoms with Gasteiger partial charge in [-0.15, -0.1) is 0 Å². The highest BCUT2D eigenvalue weighted by Gasteiger charge is 2.15. The van der Waals surface area contributed by atoms with E-state index in [0.29, 0.717) is 0 Å². The Bertz CT molecular complexity index is 464. The van der Waals surface area contributed by atoms with Gasteiger partial charge in [-0.25, -0.2) is 13.3 Å². The minimum Gasteiger partial charge on any atom is -0.744 e. The molecule has 82 valence electrons. The highest BCUT2D eigenvalue weighted by atomic mass is 32.2. The summed E-state index contributed by atoms with van der Waals surface area (Å²) in [5.74, 6) is 0. The van der Waals surface area contributed by atoms with Crippen LogP contribution in [0.25, 0.3) is 0 Å². The molecule has 1 aromatic rings. The Morgan fingerprint density at radius 1 is 1.33 bits per heavy atom. The molecule has 0 unspecified atom stereocenters. The van der Waals surface area contributed by atoms with Gasteiger partial charge in [0.05, 0.1) is 19.0 Å². The first-order valence-corrected chi connectivity index (χ1v) is 5.42. The molecule has 0 atom stereocenters. The summed E-state index contributed by atoms with van der Waals surface area (Å²) in [6.07, 6.45) is 2.46. The summed E-state index contributed by atoms with van der Waals surface area (Å²) in [5, 5.41) is 0. The van der Waals surface area contributed by atoms with Gasteiger partial charge in [-0.05, 0) is 12.1 Å². The van der Waals surface area contributed by atoms with Crippen molar-refractivity contribution in [1.82, 2.24) is 4.90 Å². The minimum absolute atomic E-state index is 0.329. The molecule has 0 saturated heterocycles. The van der Waals surface area contributed by atoms with Gasteiger partial charge in [-0.1, -0.05) is 0 Å². The van der Waals surface area contributed by atoms with Gasteiger partial charge in [0.2, 0.25) is 0 Å². The third-order valence-corrected chi connectivity index (χ3v) is 2.54. The number of amides is 1. The van der Waals surface area contributed by atoms with Crippen molar-refractivity contribution in [1.29, 1.82) is 0 Å². The Kier molecular flexibility index (Phi) is 3.06. The molecule has 15 heavy (non-hydrogen) atoms.